The van der Waals surface area contributed by atoms with Gasteiger partial charge in [0.1, 0.15) is 0 Å². The van der Waals surface area contributed by atoms with Crippen molar-refractivity contribution in [1.82, 2.24) is 15.0 Å². The molecule has 3 heteroatoms. The molecule has 0 aliphatic carbocycles. The van der Waals surface area contributed by atoms with Crippen molar-refractivity contribution in [3.63, 3.8) is 0 Å². The van der Waals surface area contributed by atoms with Gasteiger partial charge in [0.25, 0.3) is 0 Å². The van der Waals surface area contributed by atoms with E-state index in [1.165, 1.54) is 6.42 Å². The fourth-order valence-corrected chi connectivity index (χ4v) is 1.39. The largest absolute Gasteiger partial charge is 0.249 e. The molecular weight excluding hydrogens is 174 g/mol. The molecular formula is C11H21N3. The topological polar surface area (TPSA) is 30.7 Å². The monoisotopic (exact) mass is 195 g/mol. The minimum Gasteiger partial charge on any atom is -0.249 e. The Balaban J connectivity index is 2.78. The summed E-state index contributed by atoms with van der Waals surface area (Å²) in [6.45, 7) is 10.9. The number of nitrogens with zero attached hydrogens (tertiary/aromatic N) is 3. The van der Waals surface area contributed by atoms with Gasteiger partial charge >= 0.3 is 0 Å². The van der Waals surface area contributed by atoms with E-state index in [4.69, 9.17) is 0 Å². The Morgan fingerprint density at radius 3 is 2.50 bits per heavy atom. The first-order valence-electron chi connectivity index (χ1n) is 5.37. The van der Waals surface area contributed by atoms with Crippen LogP contribution in [0.3, 0.4) is 0 Å². The van der Waals surface area contributed by atoms with E-state index in [1.54, 1.807) is 0 Å². The Bertz CT molecular complexity index is 283. The highest BCUT2D eigenvalue weighted by molar-refractivity contribution is 5.06. The lowest BCUT2D eigenvalue weighted by Gasteiger charge is -2.13. The maximum atomic E-state index is 4.20. The normalized spacial score (nSPS) is 14.4. The number of hydrogen-bond acceptors (Lipinski definition) is 2. The molecule has 0 N–H and O–H groups in total. The van der Waals surface area contributed by atoms with Crippen LogP contribution < -0.4 is 0 Å². The summed E-state index contributed by atoms with van der Waals surface area (Å²) in [6, 6.07) is 0.462. The molecule has 0 saturated heterocycles. The van der Waals surface area contributed by atoms with Gasteiger partial charge in [-0.2, -0.15) is 0 Å². The molecule has 0 fully saturated rings. The Kier molecular flexibility index (Phi) is 3.29. The molecule has 1 aromatic heterocycles. The maximum Gasteiger partial charge on any atom is 0.0880 e. The van der Waals surface area contributed by atoms with Crippen molar-refractivity contribution < 1.29 is 0 Å². The van der Waals surface area contributed by atoms with Gasteiger partial charge in [0.05, 0.1) is 11.7 Å². The lowest BCUT2D eigenvalue weighted by Crippen LogP contribution is -2.11. The van der Waals surface area contributed by atoms with Crippen molar-refractivity contribution in [2.45, 2.75) is 58.9 Å². The van der Waals surface area contributed by atoms with Gasteiger partial charge in [0.15, 0.2) is 0 Å². The predicted molar refractivity (Wildman–Crippen MR) is 58.3 cm³/mol. The summed E-state index contributed by atoms with van der Waals surface area (Å²) in [6.07, 6.45) is 4.42. The quantitative estimate of drug-likeness (QED) is 0.742. The summed E-state index contributed by atoms with van der Waals surface area (Å²) in [5.41, 5.74) is 1.17. The molecule has 14 heavy (non-hydrogen) atoms. The highest BCUT2D eigenvalue weighted by atomic mass is 15.4. The minimum atomic E-state index is 0.101. The van der Waals surface area contributed by atoms with Crippen molar-refractivity contribution in [3.8, 4) is 0 Å². The van der Waals surface area contributed by atoms with E-state index in [0.29, 0.717) is 6.04 Å². The summed E-state index contributed by atoms with van der Waals surface area (Å²) >= 11 is 0. The van der Waals surface area contributed by atoms with Gasteiger partial charge < -0.3 is 0 Å². The van der Waals surface area contributed by atoms with Crippen LogP contribution in [0.25, 0.3) is 0 Å². The number of rotatable bonds is 3. The summed E-state index contributed by atoms with van der Waals surface area (Å²) < 4.78 is 1.98. The zero-order valence-corrected chi connectivity index (χ0v) is 9.91. The third-order valence-corrected chi connectivity index (χ3v) is 2.44. The van der Waals surface area contributed by atoms with Gasteiger partial charge in [-0.3, -0.25) is 0 Å². The van der Waals surface area contributed by atoms with Gasteiger partial charge in [-0.05, 0) is 13.3 Å². The smallest absolute Gasteiger partial charge is 0.0880 e. The molecule has 0 amide bonds. The van der Waals surface area contributed by atoms with Crippen molar-refractivity contribution in [1.29, 1.82) is 0 Å². The average molecular weight is 195 g/mol. The molecule has 0 bridgehead atoms. The van der Waals surface area contributed by atoms with Crippen LogP contribution >= 0.6 is 0 Å². The number of aromatic nitrogens is 3. The minimum absolute atomic E-state index is 0.101. The van der Waals surface area contributed by atoms with Crippen LogP contribution in [0.5, 0.6) is 0 Å². The van der Waals surface area contributed by atoms with E-state index in [2.05, 4.69) is 51.1 Å². The number of hydrogen-bond donors (Lipinski definition) is 0. The van der Waals surface area contributed by atoms with Crippen LogP contribution in [0.15, 0.2) is 6.20 Å². The Morgan fingerprint density at radius 2 is 2.07 bits per heavy atom. The Labute approximate surface area is 86.5 Å². The molecule has 1 rings (SSSR count). The third-order valence-electron chi connectivity index (χ3n) is 2.44. The van der Waals surface area contributed by atoms with Crippen LogP contribution in [0, 0.1) is 0 Å². The molecule has 0 radical (unpaired) electrons. The third kappa shape index (κ3) is 2.56. The first-order valence-corrected chi connectivity index (χ1v) is 5.37. The molecule has 3 nitrogen and oxygen atoms in total. The standard InChI is InChI=1S/C11H21N3/c1-6-7-9(2)14-8-10(12-13-14)11(3,4)5/h8-9H,6-7H2,1-5H3. The second-order valence-corrected chi connectivity index (χ2v) is 4.97. The van der Waals surface area contributed by atoms with Gasteiger partial charge in [-0.25, -0.2) is 4.68 Å². The van der Waals surface area contributed by atoms with E-state index >= 15 is 0 Å². The van der Waals surface area contributed by atoms with E-state index in [-0.39, 0.29) is 5.41 Å². The first-order chi connectivity index (χ1) is 6.45. The van der Waals surface area contributed by atoms with Crippen molar-refractivity contribution in [3.05, 3.63) is 11.9 Å². The van der Waals surface area contributed by atoms with Crippen LogP contribution in [0.4, 0.5) is 0 Å². The summed E-state index contributed by atoms with van der Waals surface area (Å²) in [4.78, 5) is 0. The fourth-order valence-electron chi connectivity index (χ4n) is 1.39. The zero-order chi connectivity index (χ0) is 10.8. The lowest BCUT2D eigenvalue weighted by atomic mass is 9.93. The van der Waals surface area contributed by atoms with Gasteiger partial charge in [-0.15, -0.1) is 5.10 Å². The SMILES string of the molecule is CCCC(C)n1cc(C(C)(C)C)nn1. The Hall–Kier alpha value is -0.860. The molecule has 0 aliphatic rings. The molecule has 80 valence electrons. The van der Waals surface area contributed by atoms with Crippen molar-refractivity contribution in [2.75, 3.05) is 0 Å². The van der Waals surface area contributed by atoms with Gasteiger partial charge in [-0.1, -0.05) is 39.3 Å². The molecule has 0 aromatic carbocycles. The highest BCUT2D eigenvalue weighted by Crippen LogP contribution is 2.20. The van der Waals surface area contributed by atoms with E-state index in [1.807, 2.05) is 4.68 Å². The summed E-state index contributed by atoms with van der Waals surface area (Å²) in [5.74, 6) is 0. The first kappa shape index (κ1) is 11.2. The van der Waals surface area contributed by atoms with Crippen LogP contribution in [-0.4, -0.2) is 15.0 Å². The summed E-state index contributed by atoms with van der Waals surface area (Å²) in [5, 5.41) is 8.37. The molecule has 1 aromatic rings. The van der Waals surface area contributed by atoms with Crippen LogP contribution in [0.1, 0.15) is 59.2 Å². The zero-order valence-electron chi connectivity index (χ0n) is 9.91. The van der Waals surface area contributed by atoms with Gasteiger partial charge in [0, 0.05) is 11.6 Å². The molecule has 0 aliphatic heterocycles. The average Bonchev–Trinajstić information content (AvgIpc) is 2.51. The van der Waals surface area contributed by atoms with Gasteiger partial charge in [0.2, 0.25) is 0 Å². The summed E-state index contributed by atoms with van der Waals surface area (Å²) in [7, 11) is 0. The molecule has 1 heterocycles. The molecule has 0 spiro atoms. The lowest BCUT2D eigenvalue weighted by molar-refractivity contribution is 0.443. The van der Waals surface area contributed by atoms with E-state index in [9.17, 15) is 0 Å². The molecule has 1 atom stereocenters. The second kappa shape index (κ2) is 4.11. The van der Waals surface area contributed by atoms with E-state index in [0.717, 1.165) is 12.1 Å². The van der Waals surface area contributed by atoms with Crippen molar-refractivity contribution in [2.24, 2.45) is 0 Å². The highest BCUT2D eigenvalue weighted by Gasteiger charge is 2.18. The second-order valence-electron chi connectivity index (χ2n) is 4.97. The maximum absolute atomic E-state index is 4.20. The molecule has 0 saturated carbocycles. The fraction of sp³-hybridized carbons (Fsp3) is 0.818. The van der Waals surface area contributed by atoms with E-state index < -0.39 is 0 Å². The van der Waals surface area contributed by atoms with Crippen LogP contribution in [-0.2, 0) is 5.41 Å². The predicted octanol–water partition coefficient (Wildman–Crippen LogP) is 2.94. The van der Waals surface area contributed by atoms with Crippen molar-refractivity contribution >= 4 is 0 Å². The van der Waals surface area contributed by atoms with Crippen LogP contribution in [0.2, 0.25) is 0 Å². The molecule has 1 unspecified atom stereocenters. The Morgan fingerprint density at radius 1 is 1.43 bits per heavy atom.